The predicted octanol–water partition coefficient (Wildman–Crippen LogP) is 3.71. The molecule has 36 heavy (non-hydrogen) atoms. The molecule has 3 heterocycles. The minimum Gasteiger partial charge on any atom is -0.493 e. The van der Waals surface area contributed by atoms with Gasteiger partial charge in [0.1, 0.15) is 18.2 Å². The van der Waals surface area contributed by atoms with Crippen LogP contribution in [0.4, 0.5) is 6.01 Å². The Morgan fingerprint density at radius 2 is 2.08 bits per heavy atom. The summed E-state index contributed by atoms with van der Waals surface area (Å²) in [6.45, 7) is 0.465. The number of carboxylic acid groups (broad SMARTS) is 1. The Balaban J connectivity index is 1.48. The number of pyridine rings is 1. The minimum atomic E-state index is -1.02. The van der Waals surface area contributed by atoms with Gasteiger partial charge in [-0.1, -0.05) is 6.07 Å². The van der Waals surface area contributed by atoms with Crippen molar-refractivity contribution in [1.82, 2.24) is 9.97 Å². The van der Waals surface area contributed by atoms with Crippen molar-refractivity contribution in [3.63, 3.8) is 0 Å². The second-order valence-corrected chi connectivity index (χ2v) is 8.21. The van der Waals surface area contributed by atoms with Gasteiger partial charge >= 0.3 is 5.97 Å². The molecule has 0 bridgehead atoms. The van der Waals surface area contributed by atoms with E-state index in [1.165, 1.54) is 0 Å². The van der Waals surface area contributed by atoms with Crippen LogP contribution < -0.4 is 19.1 Å². The first-order valence-corrected chi connectivity index (χ1v) is 11.1. The molecular formula is C26H22N4O6. The Morgan fingerprint density at radius 3 is 2.78 bits per heavy atom. The van der Waals surface area contributed by atoms with E-state index in [1.807, 2.05) is 12.1 Å². The number of oxazole rings is 1. The van der Waals surface area contributed by atoms with E-state index < -0.39 is 12.0 Å². The van der Waals surface area contributed by atoms with Crippen LogP contribution in [0.25, 0.3) is 11.1 Å². The topological polar surface area (TPSA) is 131 Å². The molecule has 2 aromatic carbocycles. The molecule has 0 fully saturated rings. The second kappa shape index (κ2) is 9.46. The van der Waals surface area contributed by atoms with Crippen LogP contribution >= 0.6 is 0 Å². The van der Waals surface area contributed by atoms with Crippen LogP contribution in [0.1, 0.15) is 22.3 Å². The van der Waals surface area contributed by atoms with E-state index in [2.05, 4.69) is 16.0 Å². The van der Waals surface area contributed by atoms with Crippen LogP contribution in [0.5, 0.6) is 17.4 Å². The van der Waals surface area contributed by atoms with Crippen molar-refractivity contribution >= 4 is 23.1 Å². The maximum Gasteiger partial charge on any atom is 0.326 e. The largest absolute Gasteiger partial charge is 0.493 e. The average molecular weight is 486 g/mol. The number of rotatable bonds is 7. The molecule has 0 radical (unpaired) electrons. The lowest BCUT2D eigenvalue weighted by Crippen LogP contribution is -2.46. The van der Waals surface area contributed by atoms with Crippen LogP contribution in [-0.4, -0.2) is 41.3 Å². The zero-order chi connectivity index (χ0) is 25.2. The van der Waals surface area contributed by atoms with Crippen molar-refractivity contribution in [2.75, 3.05) is 19.1 Å². The number of aromatic nitrogens is 2. The summed E-state index contributed by atoms with van der Waals surface area (Å²) in [6.07, 6.45) is 1.81. The third kappa shape index (κ3) is 4.22. The van der Waals surface area contributed by atoms with Gasteiger partial charge < -0.3 is 28.6 Å². The van der Waals surface area contributed by atoms with Gasteiger partial charge in [0.05, 0.1) is 25.9 Å². The first kappa shape index (κ1) is 23.0. The van der Waals surface area contributed by atoms with E-state index in [4.69, 9.17) is 23.9 Å². The van der Waals surface area contributed by atoms with Gasteiger partial charge in [-0.2, -0.15) is 10.2 Å². The summed E-state index contributed by atoms with van der Waals surface area (Å²) in [5, 5.41) is 19.2. The number of benzene rings is 2. The Labute approximate surface area is 206 Å². The lowest BCUT2D eigenvalue weighted by Gasteiger charge is -2.34. The van der Waals surface area contributed by atoms with Crippen LogP contribution in [0.3, 0.4) is 0 Å². The number of nitriles is 1. The Hall–Kier alpha value is -4.78. The van der Waals surface area contributed by atoms with Gasteiger partial charge in [0.2, 0.25) is 5.88 Å². The summed E-state index contributed by atoms with van der Waals surface area (Å²) in [5.41, 5.74) is 3.85. The lowest BCUT2D eigenvalue weighted by atomic mass is 9.93. The fourth-order valence-electron chi connectivity index (χ4n) is 4.23. The molecule has 0 aliphatic carbocycles. The smallest absolute Gasteiger partial charge is 0.326 e. The average Bonchev–Trinajstić information content (AvgIpc) is 3.34. The molecule has 182 valence electrons. The second-order valence-electron chi connectivity index (χ2n) is 8.21. The highest BCUT2D eigenvalue weighted by atomic mass is 16.5. The van der Waals surface area contributed by atoms with Crippen molar-refractivity contribution in [3.8, 4) is 23.4 Å². The molecule has 1 aliphatic heterocycles. The first-order chi connectivity index (χ1) is 17.5. The molecular weight excluding hydrogens is 464 g/mol. The fourth-order valence-corrected chi connectivity index (χ4v) is 4.23. The maximum absolute atomic E-state index is 12.3. The van der Waals surface area contributed by atoms with Crippen molar-refractivity contribution in [3.05, 3.63) is 70.9 Å². The number of ether oxygens (including phenoxy) is 3. The Morgan fingerprint density at radius 1 is 1.22 bits per heavy atom. The van der Waals surface area contributed by atoms with Gasteiger partial charge in [-0.05, 0) is 29.8 Å². The van der Waals surface area contributed by atoms with Gasteiger partial charge in [-0.25, -0.2) is 9.78 Å². The molecule has 0 spiro atoms. The number of hydrogen-bond donors (Lipinski definition) is 1. The summed E-state index contributed by atoms with van der Waals surface area (Å²) in [6, 6.07) is 13.5. The van der Waals surface area contributed by atoms with E-state index in [0.29, 0.717) is 34.0 Å². The number of carboxylic acids is 1. The Kier molecular flexibility index (Phi) is 6.04. The molecule has 10 nitrogen and oxygen atoms in total. The summed E-state index contributed by atoms with van der Waals surface area (Å²) < 4.78 is 22.6. The third-order valence-electron chi connectivity index (χ3n) is 6.08. The van der Waals surface area contributed by atoms with Crippen LogP contribution in [0, 0.1) is 11.3 Å². The molecule has 4 aromatic rings. The molecule has 5 rings (SSSR count). The highest BCUT2D eigenvalue weighted by Crippen LogP contribution is 2.40. The molecule has 2 aromatic heterocycles. The van der Waals surface area contributed by atoms with Gasteiger partial charge in [-0.15, -0.1) is 0 Å². The van der Waals surface area contributed by atoms with Crippen molar-refractivity contribution < 1.29 is 28.5 Å². The number of anilines is 1. The van der Waals surface area contributed by atoms with Crippen LogP contribution in [0.15, 0.2) is 53.1 Å². The lowest BCUT2D eigenvalue weighted by molar-refractivity contribution is -0.138. The SMILES string of the molecule is COc1ccc(COc2c(OC)ccc3c2C[C@@H](C(=O)O)N(c2nc4ccc(C#N)cc4o2)C3)cn1. The van der Waals surface area contributed by atoms with Crippen molar-refractivity contribution in [1.29, 1.82) is 5.26 Å². The normalized spacial score (nSPS) is 14.7. The number of aliphatic carboxylic acids is 1. The van der Waals surface area contributed by atoms with E-state index in [-0.39, 0.29) is 25.6 Å². The summed E-state index contributed by atoms with van der Waals surface area (Å²) in [4.78, 5) is 22.6. The molecule has 0 amide bonds. The Bertz CT molecular complexity index is 1470. The molecule has 1 atom stereocenters. The summed E-state index contributed by atoms with van der Waals surface area (Å²) in [5.74, 6) is 0.487. The zero-order valence-corrected chi connectivity index (χ0v) is 19.6. The highest BCUT2D eigenvalue weighted by Gasteiger charge is 2.36. The molecule has 1 aliphatic rings. The quantitative estimate of drug-likeness (QED) is 0.412. The third-order valence-corrected chi connectivity index (χ3v) is 6.08. The number of methoxy groups -OCH3 is 2. The van der Waals surface area contributed by atoms with E-state index >= 15 is 0 Å². The number of carbonyl (C=O) groups is 1. The molecule has 10 heteroatoms. The monoisotopic (exact) mass is 486 g/mol. The van der Waals surface area contributed by atoms with Crippen molar-refractivity contribution in [2.24, 2.45) is 0 Å². The molecule has 0 saturated carbocycles. The van der Waals surface area contributed by atoms with E-state index in [1.54, 1.807) is 55.6 Å². The minimum absolute atomic E-state index is 0.153. The molecule has 0 saturated heterocycles. The summed E-state index contributed by atoms with van der Waals surface area (Å²) in [7, 11) is 3.09. The van der Waals surface area contributed by atoms with Gasteiger partial charge in [-0.3, -0.25) is 0 Å². The van der Waals surface area contributed by atoms with Gasteiger partial charge in [0.25, 0.3) is 6.01 Å². The number of hydrogen-bond acceptors (Lipinski definition) is 9. The maximum atomic E-state index is 12.3. The first-order valence-electron chi connectivity index (χ1n) is 11.1. The van der Waals surface area contributed by atoms with Gasteiger partial charge in [0.15, 0.2) is 17.1 Å². The number of fused-ring (bicyclic) bond motifs is 2. The standard InChI is InChI=1S/C26H22N4O6/c1-33-21-7-5-17-13-30(26-29-19-6-3-15(11-27)9-22(19)36-26)20(25(31)32)10-18(17)24(21)35-14-16-4-8-23(34-2)28-12-16/h3-9,12,20H,10,13-14H2,1-2H3,(H,31,32)/t20-/m0/s1. The molecule has 1 N–H and O–H groups in total. The van der Waals surface area contributed by atoms with Crippen molar-refractivity contribution in [2.45, 2.75) is 25.6 Å². The molecule has 0 unspecified atom stereocenters. The summed E-state index contributed by atoms with van der Waals surface area (Å²) >= 11 is 0. The number of nitrogens with zero attached hydrogens (tertiary/aromatic N) is 4. The van der Waals surface area contributed by atoms with Crippen LogP contribution in [0.2, 0.25) is 0 Å². The highest BCUT2D eigenvalue weighted by molar-refractivity contribution is 5.81. The zero-order valence-electron chi connectivity index (χ0n) is 19.6. The van der Waals surface area contributed by atoms with E-state index in [0.717, 1.165) is 16.7 Å². The van der Waals surface area contributed by atoms with Crippen LogP contribution in [-0.2, 0) is 24.4 Å². The van der Waals surface area contributed by atoms with Gasteiger partial charge in [0, 0.05) is 42.4 Å². The van der Waals surface area contributed by atoms with E-state index in [9.17, 15) is 9.90 Å². The predicted molar refractivity (Wildman–Crippen MR) is 128 cm³/mol. The fraction of sp³-hybridized carbons (Fsp3) is 0.231.